The molecule has 0 saturated carbocycles. The van der Waals surface area contributed by atoms with E-state index >= 15 is 0 Å². The first kappa shape index (κ1) is 24.9. The molecule has 0 aromatic rings. The lowest BCUT2D eigenvalue weighted by Gasteiger charge is -2.09. The molecule has 0 unspecified atom stereocenters. The van der Waals surface area contributed by atoms with Crippen molar-refractivity contribution < 1.29 is 4.79 Å². The molecule has 0 fully saturated rings. The second-order valence-electron chi connectivity index (χ2n) is 7.49. The van der Waals surface area contributed by atoms with Crippen molar-refractivity contribution in [1.82, 2.24) is 10.2 Å². The Kier molecular flexibility index (Phi) is 19.4. The molecule has 0 rings (SSSR count). The van der Waals surface area contributed by atoms with Crippen molar-refractivity contribution in [3.8, 4) is 0 Å². The zero-order valence-corrected chi connectivity index (χ0v) is 17.8. The summed E-state index contributed by atoms with van der Waals surface area (Å²) >= 11 is 0. The first-order valence-electron chi connectivity index (χ1n) is 10.9. The van der Waals surface area contributed by atoms with E-state index in [0.717, 1.165) is 32.4 Å². The summed E-state index contributed by atoms with van der Waals surface area (Å²) in [6, 6.07) is 0. The fourth-order valence-electron chi connectivity index (χ4n) is 2.81. The monoisotopic (exact) mass is 364 g/mol. The highest BCUT2D eigenvalue weighted by Gasteiger charge is 2.00. The van der Waals surface area contributed by atoms with Crippen molar-refractivity contribution in [1.29, 1.82) is 0 Å². The third-order valence-electron chi connectivity index (χ3n) is 4.46. The quantitative estimate of drug-likeness (QED) is 0.244. The number of carbonyl (C=O) groups is 1. The van der Waals surface area contributed by atoms with Crippen LogP contribution in [-0.4, -0.2) is 38.0 Å². The molecule has 0 aliphatic carbocycles. The largest absolute Gasteiger partial charge is 0.356 e. The summed E-state index contributed by atoms with van der Waals surface area (Å²) in [6.45, 7) is 4.08. The van der Waals surface area contributed by atoms with Crippen LogP contribution >= 0.6 is 0 Å². The summed E-state index contributed by atoms with van der Waals surface area (Å²) in [5.41, 5.74) is 0. The molecule has 0 aliphatic rings. The number of rotatable bonds is 18. The highest BCUT2D eigenvalue weighted by molar-refractivity contribution is 5.75. The molecule has 0 bridgehead atoms. The molecule has 0 saturated heterocycles. The summed E-state index contributed by atoms with van der Waals surface area (Å²) < 4.78 is 0. The third-order valence-corrected chi connectivity index (χ3v) is 4.46. The molecule has 1 N–H and O–H groups in total. The highest BCUT2D eigenvalue weighted by Crippen LogP contribution is 2.08. The zero-order valence-electron chi connectivity index (χ0n) is 17.8. The van der Waals surface area contributed by atoms with Crippen LogP contribution in [0.5, 0.6) is 0 Å². The first-order chi connectivity index (χ1) is 12.7. The maximum Gasteiger partial charge on any atom is 0.219 e. The topological polar surface area (TPSA) is 32.3 Å². The summed E-state index contributed by atoms with van der Waals surface area (Å²) in [7, 11) is 4.12. The van der Waals surface area contributed by atoms with Gasteiger partial charge in [0.2, 0.25) is 5.91 Å². The van der Waals surface area contributed by atoms with Gasteiger partial charge < -0.3 is 10.2 Å². The normalized spacial score (nSPS) is 11.8. The molecule has 0 aromatic carbocycles. The molecule has 0 aliphatic heterocycles. The summed E-state index contributed by atoms with van der Waals surface area (Å²) in [4.78, 5) is 13.8. The molecule has 152 valence electrons. The molecule has 1 amide bonds. The van der Waals surface area contributed by atoms with E-state index in [1.54, 1.807) is 0 Å². The van der Waals surface area contributed by atoms with Crippen LogP contribution in [0.4, 0.5) is 0 Å². The zero-order chi connectivity index (χ0) is 19.3. The number of allylic oxidation sites excluding steroid dienone is 4. The van der Waals surface area contributed by atoms with Gasteiger partial charge in [-0.05, 0) is 65.6 Å². The minimum atomic E-state index is 0.217. The number of nitrogens with one attached hydrogen (secondary N) is 1. The van der Waals surface area contributed by atoms with Crippen LogP contribution in [0.15, 0.2) is 24.3 Å². The number of hydrogen-bond acceptors (Lipinski definition) is 2. The van der Waals surface area contributed by atoms with E-state index in [4.69, 9.17) is 0 Å². The third kappa shape index (κ3) is 21.0. The maximum atomic E-state index is 11.7. The molecule has 3 nitrogen and oxygen atoms in total. The second-order valence-corrected chi connectivity index (χ2v) is 7.49. The van der Waals surface area contributed by atoms with E-state index in [2.05, 4.69) is 55.5 Å². The molecule has 0 aromatic heterocycles. The lowest BCUT2D eigenvalue weighted by molar-refractivity contribution is -0.121. The molecule has 3 heteroatoms. The molecule has 0 spiro atoms. The summed E-state index contributed by atoms with van der Waals surface area (Å²) in [5.74, 6) is 0.217. The van der Waals surface area contributed by atoms with Crippen molar-refractivity contribution in [3.05, 3.63) is 24.3 Å². The van der Waals surface area contributed by atoms with Crippen LogP contribution in [0.2, 0.25) is 0 Å². The number of carbonyl (C=O) groups excluding carboxylic acids is 1. The Morgan fingerprint density at radius 2 is 1.42 bits per heavy atom. The minimum absolute atomic E-state index is 0.217. The molecule has 0 radical (unpaired) electrons. The second kappa shape index (κ2) is 20.2. The van der Waals surface area contributed by atoms with Crippen molar-refractivity contribution >= 4 is 5.91 Å². The fraction of sp³-hybridized carbons (Fsp3) is 0.783. The van der Waals surface area contributed by atoms with E-state index in [9.17, 15) is 4.79 Å². The Hall–Kier alpha value is -1.09. The molecule has 26 heavy (non-hydrogen) atoms. The van der Waals surface area contributed by atoms with Gasteiger partial charge in [0.05, 0.1) is 0 Å². The number of unbranched alkanes of at least 4 members (excludes halogenated alkanes) is 8. The van der Waals surface area contributed by atoms with Gasteiger partial charge in [-0.1, -0.05) is 63.3 Å². The fourth-order valence-corrected chi connectivity index (χ4v) is 2.81. The smallest absolute Gasteiger partial charge is 0.219 e. The van der Waals surface area contributed by atoms with Gasteiger partial charge in [-0.2, -0.15) is 0 Å². The van der Waals surface area contributed by atoms with Gasteiger partial charge in [-0.15, -0.1) is 0 Å². The van der Waals surface area contributed by atoms with Gasteiger partial charge in [0.15, 0.2) is 0 Å². The number of nitrogens with zero attached hydrogens (tertiary/aromatic N) is 1. The Morgan fingerprint density at radius 3 is 2.08 bits per heavy atom. The van der Waals surface area contributed by atoms with Gasteiger partial charge in [-0.3, -0.25) is 4.79 Å². The van der Waals surface area contributed by atoms with Crippen LogP contribution in [0.1, 0.15) is 90.4 Å². The standard InChI is InChI=1S/C23H44N2O/c1-4-5-6-7-8-9-10-11-12-13-14-15-16-17-18-20-23(26)24-21-19-22-25(2)3/h8-9,11-12H,4-7,10,13-22H2,1-3H3,(H,24,26). The van der Waals surface area contributed by atoms with Crippen molar-refractivity contribution in [2.75, 3.05) is 27.2 Å². The molecule has 0 heterocycles. The number of hydrogen-bond donors (Lipinski definition) is 1. The highest BCUT2D eigenvalue weighted by atomic mass is 16.1. The van der Waals surface area contributed by atoms with Crippen molar-refractivity contribution in [2.45, 2.75) is 90.4 Å². The predicted molar refractivity (Wildman–Crippen MR) is 116 cm³/mol. The van der Waals surface area contributed by atoms with Gasteiger partial charge in [0.25, 0.3) is 0 Å². The van der Waals surface area contributed by atoms with Crippen LogP contribution in [0, 0.1) is 0 Å². The van der Waals surface area contributed by atoms with Crippen molar-refractivity contribution in [3.63, 3.8) is 0 Å². The Morgan fingerprint density at radius 1 is 0.808 bits per heavy atom. The van der Waals surface area contributed by atoms with Gasteiger partial charge in [0.1, 0.15) is 0 Å². The predicted octanol–water partition coefficient (Wildman–Crippen LogP) is 5.87. The maximum absolute atomic E-state index is 11.7. The SMILES string of the molecule is CCCCCC=CCC=CCCCCCCCC(=O)NCCCN(C)C. The van der Waals surface area contributed by atoms with Gasteiger partial charge in [0, 0.05) is 13.0 Å². The molecular formula is C23H44N2O. The lowest BCUT2D eigenvalue weighted by Crippen LogP contribution is -2.26. The molecular weight excluding hydrogens is 320 g/mol. The average molecular weight is 365 g/mol. The van der Waals surface area contributed by atoms with Crippen LogP contribution in [0.3, 0.4) is 0 Å². The van der Waals surface area contributed by atoms with Gasteiger partial charge >= 0.3 is 0 Å². The van der Waals surface area contributed by atoms with Crippen molar-refractivity contribution in [2.24, 2.45) is 0 Å². The average Bonchev–Trinajstić information content (AvgIpc) is 2.62. The Bertz CT molecular complexity index is 361. The van der Waals surface area contributed by atoms with Crippen LogP contribution in [-0.2, 0) is 4.79 Å². The Labute approximate surface area is 163 Å². The minimum Gasteiger partial charge on any atom is -0.356 e. The summed E-state index contributed by atoms with van der Waals surface area (Å²) in [5, 5.41) is 3.01. The first-order valence-corrected chi connectivity index (χ1v) is 10.9. The lowest BCUT2D eigenvalue weighted by atomic mass is 10.1. The van der Waals surface area contributed by atoms with E-state index in [1.807, 2.05) is 0 Å². The summed E-state index contributed by atoms with van der Waals surface area (Å²) in [6.07, 6.45) is 24.4. The van der Waals surface area contributed by atoms with Crippen LogP contribution < -0.4 is 5.32 Å². The van der Waals surface area contributed by atoms with E-state index in [1.165, 1.54) is 57.8 Å². The molecule has 0 atom stereocenters. The van der Waals surface area contributed by atoms with E-state index < -0.39 is 0 Å². The number of amides is 1. The Balaban J connectivity index is 3.27. The van der Waals surface area contributed by atoms with E-state index in [-0.39, 0.29) is 5.91 Å². The van der Waals surface area contributed by atoms with Gasteiger partial charge in [-0.25, -0.2) is 0 Å². The van der Waals surface area contributed by atoms with Crippen LogP contribution in [0.25, 0.3) is 0 Å². The van der Waals surface area contributed by atoms with E-state index in [0.29, 0.717) is 6.42 Å².